The Hall–Kier alpha value is -2.05. The van der Waals surface area contributed by atoms with Gasteiger partial charge in [0.25, 0.3) is 5.91 Å². The lowest BCUT2D eigenvalue weighted by Gasteiger charge is -2.07. The average molecular weight is 328 g/mol. The third-order valence-electron chi connectivity index (χ3n) is 2.65. The van der Waals surface area contributed by atoms with Crippen LogP contribution >= 0.6 is 23.2 Å². The molecule has 8 heteroatoms. The van der Waals surface area contributed by atoms with Gasteiger partial charge >= 0.3 is 5.97 Å². The van der Waals surface area contributed by atoms with E-state index in [1.54, 1.807) is 18.2 Å². The second-order valence-electron chi connectivity index (χ2n) is 4.19. The third kappa shape index (κ3) is 3.96. The minimum absolute atomic E-state index is 0.0704. The number of carbonyl (C=O) groups excluding carboxylic acids is 1. The number of benzene rings is 1. The number of halogens is 2. The highest BCUT2D eigenvalue weighted by Gasteiger charge is 2.13. The van der Waals surface area contributed by atoms with Crippen LogP contribution in [0.3, 0.4) is 0 Å². The van der Waals surface area contributed by atoms with Crippen molar-refractivity contribution in [2.24, 2.45) is 0 Å². The molecule has 1 aromatic heterocycles. The van der Waals surface area contributed by atoms with Crippen LogP contribution < -0.4 is 5.32 Å². The van der Waals surface area contributed by atoms with Gasteiger partial charge in [0, 0.05) is 6.20 Å². The van der Waals surface area contributed by atoms with Crippen LogP contribution in [0.4, 0.5) is 5.69 Å². The minimum atomic E-state index is -0.931. The average Bonchev–Trinajstić information content (AvgIpc) is 2.89. The number of carboxylic acid groups (broad SMARTS) is 1. The lowest BCUT2D eigenvalue weighted by Crippen LogP contribution is -2.12. The van der Waals surface area contributed by atoms with Gasteiger partial charge in [-0.15, -0.1) is 0 Å². The van der Waals surface area contributed by atoms with Crippen LogP contribution in [0.1, 0.15) is 16.8 Å². The topological polar surface area (TPSA) is 84.2 Å². The first kappa shape index (κ1) is 15.3. The molecule has 0 bridgehead atoms. The minimum Gasteiger partial charge on any atom is -0.481 e. The number of anilines is 1. The van der Waals surface area contributed by atoms with Crippen molar-refractivity contribution in [3.63, 3.8) is 0 Å². The fraction of sp³-hybridized carbons (Fsp3) is 0.154. The van der Waals surface area contributed by atoms with Crippen molar-refractivity contribution in [1.82, 2.24) is 9.78 Å². The molecule has 1 heterocycles. The quantitative estimate of drug-likeness (QED) is 0.884. The number of aliphatic carboxylic acids is 1. The maximum absolute atomic E-state index is 12.1. The maximum Gasteiger partial charge on any atom is 0.305 e. The summed E-state index contributed by atoms with van der Waals surface area (Å²) in [5.41, 5.74) is 0.612. The zero-order valence-corrected chi connectivity index (χ0v) is 12.2. The van der Waals surface area contributed by atoms with Gasteiger partial charge in [-0.25, -0.2) is 0 Å². The molecule has 110 valence electrons. The number of carbonyl (C=O) groups is 2. The molecule has 2 aromatic rings. The molecule has 0 unspecified atom stereocenters. The van der Waals surface area contributed by atoms with E-state index in [1.807, 2.05) is 0 Å². The lowest BCUT2D eigenvalue weighted by molar-refractivity contribution is -0.137. The van der Waals surface area contributed by atoms with Gasteiger partial charge in [0.15, 0.2) is 0 Å². The van der Waals surface area contributed by atoms with Crippen LogP contribution in [0.25, 0.3) is 0 Å². The standard InChI is InChI=1S/C13H11Cl2N3O3/c14-9-2-1-3-10(15)12(9)17-13(21)8-6-16-18(7-8)5-4-11(19)20/h1-3,6-7H,4-5H2,(H,17,21)(H,19,20). The number of rotatable bonds is 5. The molecule has 2 N–H and O–H groups in total. The predicted molar refractivity (Wildman–Crippen MR) is 78.9 cm³/mol. The molecule has 0 aliphatic rings. The van der Waals surface area contributed by atoms with E-state index in [9.17, 15) is 9.59 Å². The molecule has 1 aromatic carbocycles. The Morgan fingerprint density at radius 3 is 2.57 bits per heavy atom. The van der Waals surface area contributed by atoms with Crippen molar-refractivity contribution in [3.05, 3.63) is 46.2 Å². The highest BCUT2D eigenvalue weighted by molar-refractivity contribution is 6.40. The van der Waals surface area contributed by atoms with Crippen LogP contribution in [0.5, 0.6) is 0 Å². The van der Waals surface area contributed by atoms with Crippen molar-refractivity contribution in [2.75, 3.05) is 5.32 Å². The Kier molecular flexibility index (Phi) is 4.82. The molecule has 0 aliphatic heterocycles. The van der Waals surface area contributed by atoms with Crippen molar-refractivity contribution >= 4 is 40.8 Å². The largest absolute Gasteiger partial charge is 0.481 e. The van der Waals surface area contributed by atoms with Gasteiger partial charge in [-0.1, -0.05) is 29.3 Å². The van der Waals surface area contributed by atoms with E-state index in [2.05, 4.69) is 10.4 Å². The summed E-state index contributed by atoms with van der Waals surface area (Å²) >= 11 is 11.9. The summed E-state index contributed by atoms with van der Waals surface area (Å²) < 4.78 is 1.39. The van der Waals surface area contributed by atoms with Crippen molar-refractivity contribution in [2.45, 2.75) is 13.0 Å². The number of nitrogens with one attached hydrogen (secondary N) is 1. The molecule has 0 saturated carbocycles. The number of amides is 1. The van der Waals surface area contributed by atoms with Gasteiger partial charge in [0.1, 0.15) is 0 Å². The zero-order chi connectivity index (χ0) is 15.4. The Morgan fingerprint density at radius 2 is 1.95 bits per heavy atom. The van der Waals surface area contributed by atoms with E-state index in [4.69, 9.17) is 28.3 Å². The molecule has 0 atom stereocenters. The fourth-order valence-electron chi connectivity index (χ4n) is 1.62. The Balaban J connectivity index is 2.09. The van der Waals surface area contributed by atoms with Gasteiger partial charge < -0.3 is 10.4 Å². The fourth-order valence-corrected chi connectivity index (χ4v) is 2.11. The van der Waals surface area contributed by atoms with E-state index in [-0.39, 0.29) is 18.5 Å². The van der Waals surface area contributed by atoms with E-state index in [0.29, 0.717) is 15.7 Å². The van der Waals surface area contributed by atoms with E-state index in [0.717, 1.165) is 0 Å². The summed E-state index contributed by atoms with van der Waals surface area (Å²) in [6, 6.07) is 4.89. The van der Waals surface area contributed by atoms with Gasteiger partial charge in [0.05, 0.1) is 40.5 Å². The highest BCUT2D eigenvalue weighted by atomic mass is 35.5. The Bertz CT molecular complexity index is 665. The molecule has 0 aliphatic carbocycles. The third-order valence-corrected chi connectivity index (χ3v) is 3.28. The number of aromatic nitrogens is 2. The SMILES string of the molecule is O=C(O)CCn1cc(C(=O)Nc2c(Cl)cccc2Cl)cn1. The van der Waals surface area contributed by atoms with E-state index < -0.39 is 11.9 Å². The summed E-state index contributed by atoms with van der Waals surface area (Å²) in [7, 11) is 0. The second kappa shape index (κ2) is 6.60. The number of carboxylic acids is 1. The lowest BCUT2D eigenvalue weighted by atomic mass is 10.3. The van der Waals surface area contributed by atoms with Crippen LogP contribution in [-0.2, 0) is 11.3 Å². The van der Waals surface area contributed by atoms with Gasteiger partial charge in [0.2, 0.25) is 0 Å². The maximum atomic E-state index is 12.1. The molecular weight excluding hydrogens is 317 g/mol. The van der Waals surface area contributed by atoms with Crippen LogP contribution in [0, 0.1) is 0 Å². The normalized spacial score (nSPS) is 10.4. The second-order valence-corrected chi connectivity index (χ2v) is 5.00. The summed E-state index contributed by atoms with van der Waals surface area (Å²) in [5, 5.41) is 15.8. The molecule has 2 rings (SSSR count). The van der Waals surface area contributed by atoms with E-state index in [1.165, 1.54) is 17.1 Å². The molecule has 0 fully saturated rings. The smallest absolute Gasteiger partial charge is 0.305 e. The Labute approximate surface area is 130 Å². The number of hydrogen-bond donors (Lipinski definition) is 2. The molecule has 6 nitrogen and oxygen atoms in total. The summed E-state index contributed by atoms with van der Waals surface area (Å²) in [5.74, 6) is -1.36. The van der Waals surface area contributed by atoms with Crippen LogP contribution in [0.2, 0.25) is 10.0 Å². The zero-order valence-electron chi connectivity index (χ0n) is 10.7. The van der Waals surface area contributed by atoms with Crippen molar-refractivity contribution in [3.8, 4) is 0 Å². The van der Waals surface area contributed by atoms with Crippen LogP contribution in [0.15, 0.2) is 30.6 Å². The van der Waals surface area contributed by atoms with Gasteiger partial charge in [-0.2, -0.15) is 5.10 Å². The number of aryl methyl sites for hydroxylation is 1. The number of nitrogens with zero attached hydrogens (tertiary/aromatic N) is 2. The van der Waals surface area contributed by atoms with Gasteiger partial charge in [-0.3, -0.25) is 14.3 Å². The first-order chi connectivity index (χ1) is 9.97. The molecule has 0 saturated heterocycles. The van der Waals surface area contributed by atoms with E-state index >= 15 is 0 Å². The first-order valence-electron chi connectivity index (χ1n) is 5.97. The summed E-state index contributed by atoms with van der Waals surface area (Å²) in [4.78, 5) is 22.6. The molecule has 1 amide bonds. The molecule has 21 heavy (non-hydrogen) atoms. The van der Waals surface area contributed by atoms with Gasteiger partial charge in [-0.05, 0) is 12.1 Å². The number of hydrogen-bond acceptors (Lipinski definition) is 3. The number of para-hydroxylation sites is 1. The predicted octanol–water partition coefficient (Wildman–Crippen LogP) is 2.92. The molecular formula is C13H11Cl2N3O3. The first-order valence-corrected chi connectivity index (χ1v) is 6.72. The monoisotopic (exact) mass is 327 g/mol. The van der Waals surface area contributed by atoms with Crippen molar-refractivity contribution < 1.29 is 14.7 Å². The molecule has 0 radical (unpaired) electrons. The Morgan fingerprint density at radius 1 is 1.29 bits per heavy atom. The highest BCUT2D eigenvalue weighted by Crippen LogP contribution is 2.30. The molecule has 0 spiro atoms. The summed E-state index contributed by atoms with van der Waals surface area (Å²) in [6.45, 7) is 0.190. The van der Waals surface area contributed by atoms with Crippen LogP contribution in [-0.4, -0.2) is 26.8 Å². The summed E-state index contributed by atoms with van der Waals surface area (Å²) in [6.07, 6.45) is 2.74. The van der Waals surface area contributed by atoms with Crippen molar-refractivity contribution in [1.29, 1.82) is 0 Å².